The molecule has 2 aliphatic rings. The largest absolute Gasteiger partial charge is 0.241 e. The first-order valence-corrected chi connectivity index (χ1v) is 9.51. The van der Waals surface area contributed by atoms with Gasteiger partial charge in [0.05, 0.1) is 4.90 Å². The fourth-order valence-electron chi connectivity index (χ4n) is 2.87. The lowest BCUT2D eigenvalue weighted by molar-refractivity contribution is 0.401. The van der Waals surface area contributed by atoms with Crippen molar-refractivity contribution in [2.24, 2.45) is 17.8 Å². The van der Waals surface area contributed by atoms with Crippen molar-refractivity contribution in [2.75, 3.05) is 6.54 Å². The van der Waals surface area contributed by atoms with E-state index in [-0.39, 0.29) is 0 Å². The first kappa shape index (κ1) is 14.5. The van der Waals surface area contributed by atoms with E-state index in [4.69, 9.17) is 0 Å². The van der Waals surface area contributed by atoms with Crippen LogP contribution in [0.5, 0.6) is 0 Å². The number of benzene rings is 1. The van der Waals surface area contributed by atoms with Gasteiger partial charge in [-0.15, -0.1) is 0 Å². The minimum Gasteiger partial charge on any atom is -0.211 e. The highest BCUT2D eigenvalue weighted by atomic mass is 79.9. The van der Waals surface area contributed by atoms with Crippen LogP contribution in [0.4, 0.5) is 0 Å². The Kier molecular flexibility index (Phi) is 3.95. The van der Waals surface area contributed by atoms with Gasteiger partial charge in [-0.3, -0.25) is 0 Å². The summed E-state index contributed by atoms with van der Waals surface area (Å²) in [6, 6.07) is 5.34. The van der Waals surface area contributed by atoms with Crippen LogP contribution in [0.3, 0.4) is 0 Å². The molecule has 1 aromatic rings. The highest BCUT2D eigenvalue weighted by Gasteiger charge is 2.41. The summed E-state index contributed by atoms with van der Waals surface area (Å²) in [7, 11) is -3.41. The van der Waals surface area contributed by atoms with Crippen LogP contribution in [-0.4, -0.2) is 15.0 Å². The average Bonchev–Trinajstić information content (AvgIpc) is 3.23. The number of halogens is 1. The summed E-state index contributed by atoms with van der Waals surface area (Å²) in [5.41, 5.74) is 1.05. The molecule has 1 aromatic carbocycles. The van der Waals surface area contributed by atoms with Crippen LogP contribution in [-0.2, 0) is 10.0 Å². The SMILES string of the molecule is Cc1ccc(S(=O)(=O)NCC(C2CC2)C2CC2)c(Br)c1. The molecule has 0 atom stereocenters. The van der Waals surface area contributed by atoms with Crippen molar-refractivity contribution in [1.29, 1.82) is 0 Å². The van der Waals surface area contributed by atoms with Gasteiger partial charge in [0.15, 0.2) is 0 Å². The second kappa shape index (κ2) is 5.43. The maximum absolute atomic E-state index is 12.4. The predicted octanol–water partition coefficient (Wildman–Crippen LogP) is 3.47. The van der Waals surface area contributed by atoms with E-state index < -0.39 is 10.0 Å². The third-order valence-corrected chi connectivity index (χ3v) is 6.74. The van der Waals surface area contributed by atoms with Crippen LogP contribution in [0.2, 0.25) is 0 Å². The molecule has 2 fully saturated rings. The van der Waals surface area contributed by atoms with E-state index >= 15 is 0 Å². The normalized spacial score (nSPS) is 19.6. The van der Waals surface area contributed by atoms with Gasteiger partial charge >= 0.3 is 0 Å². The quantitative estimate of drug-likeness (QED) is 0.846. The van der Waals surface area contributed by atoms with E-state index in [9.17, 15) is 8.42 Å². The molecule has 0 unspecified atom stereocenters. The van der Waals surface area contributed by atoms with Gasteiger partial charge in [-0.25, -0.2) is 13.1 Å². The Labute approximate surface area is 129 Å². The molecule has 0 aromatic heterocycles. The van der Waals surface area contributed by atoms with Gasteiger partial charge in [0.2, 0.25) is 10.0 Å². The van der Waals surface area contributed by atoms with Gasteiger partial charge in [-0.2, -0.15) is 0 Å². The fourth-order valence-corrected chi connectivity index (χ4v) is 5.14. The van der Waals surface area contributed by atoms with E-state index in [0.717, 1.165) is 17.4 Å². The number of hydrogen-bond acceptors (Lipinski definition) is 2. The maximum Gasteiger partial charge on any atom is 0.241 e. The van der Waals surface area contributed by atoms with Gasteiger partial charge in [0.25, 0.3) is 0 Å². The average molecular weight is 358 g/mol. The van der Waals surface area contributed by atoms with Crippen molar-refractivity contribution in [2.45, 2.75) is 37.5 Å². The Morgan fingerprint density at radius 2 is 1.85 bits per heavy atom. The maximum atomic E-state index is 12.4. The zero-order valence-corrected chi connectivity index (χ0v) is 14.0. The zero-order chi connectivity index (χ0) is 14.3. The summed E-state index contributed by atoms with van der Waals surface area (Å²) in [5.74, 6) is 2.06. The zero-order valence-electron chi connectivity index (χ0n) is 11.6. The fraction of sp³-hybridized carbons (Fsp3) is 0.600. The van der Waals surface area contributed by atoms with Crippen LogP contribution < -0.4 is 4.72 Å². The van der Waals surface area contributed by atoms with Crippen molar-refractivity contribution in [3.63, 3.8) is 0 Å². The number of sulfonamides is 1. The Balaban J connectivity index is 1.71. The second-order valence-electron chi connectivity index (χ2n) is 6.12. The molecule has 0 bridgehead atoms. The minimum absolute atomic E-state index is 0.341. The number of nitrogens with one attached hydrogen (secondary N) is 1. The lowest BCUT2D eigenvalue weighted by Gasteiger charge is -2.17. The van der Waals surface area contributed by atoms with E-state index in [1.54, 1.807) is 6.07 Å². The van der Waals surface area contributed by atoms with Crippen molar-refractivity contribution in [3.8, 4) is 0 Å². The van der Waals surface area contributed by atoms with Gasteiger partial charge in [-0.05, 0) is 84.0 Å². The van der Waals surface area contributed by atoms with E-state index in [1.165, 1.54) is 25.7 Å². The molecule has 0 amide bonds. The molecule has 2 saturated carbocycles. The monoisotopic (exact) mass is 357 g/mol. The molecule has 0 spiro atoms. The lowest BCUT2D eigenvalue weighted by Crippen LogP contribution is -2.31. The van der Waals surface area contributed by atoms with Crippen LogP contribution in [0, 0.1) is 24.7 Å². The smallest absolute Gasteiger partial charge is 0.211 e. The molecule has 3 rings (SSSR count). The first-order chi connectivity index (χ1) is 9.47. The third-order valence-electron chi connectivity index (χ3n) is 4.34. The van der Waals surface area contributed by atoms with Crippen molar-refractivity contribution in [1.82, 2.24) is 4.72 Å². The van der Waals surface area contributed by atoms with Gasteiger partial charge in [0, 0.05) is 11.0 Å². The Bertz CT molecular complexity index is 594. The molecule has 1 N–H and O–H groups in total. The summed E-state index contributed by atoms with van der Waals surface area (Å²) < 4.78 is 28.3. The molecule has 2 aliphatic carbocycles. The number of hydrogen-bond donors (Lipinski definition) is 1. The van der Waals surface area contributed by atoms with Crippen LogP contribution in [0.25, 0.3) is 0 Å². The van der Waals surface area contributed by atoms with Crippen LogP contribution in [0.15, 0.2) is 27.6 Å². The Morgan fingerprint density at radius 1 is 1.25 bits per heavy atom. The van der Waals surface area contributed by atoms with Crippen LogP contribution >= 0.6 is 15.9 Å². The summed E-state index contributed by atoms with van der Waals surface area (Å²) >= 11 is 3.35. The molecular formula is C15H20BrNO2S. The number of aryl methyl sites for hydroxylation is 1. The lowest BCUT2D eigenvalue weighted by atomic mass is 9.99. The molecule has 0 heterocycles. The van der Waals surface area contributed by atoms with E-state index in [0.29, 0.717) is 21.8 Å². The first-order valence-electron chi connectivity index (χ1n) is 7.23. The summed E-state index contributed by atoms with van der Waals surface area (Å²) in [5, 5.41) is 0. The highest BCUT2D eigenvalue weighted by molar-refractivity contribution is 9.10. The summed E-state index contributed by atoms with van der Waals surface area (Å²) in [6.45, 7) is 2.54. The second-order valence-corrected chi connectivity index (χ2v) is 8.71. The standard InChI is InChI=1S/C15H20BrNO2S/c1-10-2-7-15(14(16)8-10)20(18,19)17-9-13(11-3-4-11)12-5-6-12/h2,7-8,11-13,17H,3-6,9H2,1H3. The van der Waals surface area contributed by atoms with Crippen LogP contribution in [0.1, 0.15) is 31.2 Å². The summed E-state index contributed by atoms with van der Waals surface area (Å²) in [4.78, 5) is 0.341. The van der Waals surface area contributed by atoms with Crippen molar-refractivity contribution < 1.29 is 8.42 Å². The summed E-state index contributed by atoms with van der Waals surface area (Å²) in [6.07, 6.45) is 5.10. The van der Waals surface area contributed by atoms with E-state index in [1.807, 2.05) is 19.1 Å². The number of rotatable bonds is 6. The molecule has 3 nitrogen and oxygen atoms in total. The van der Waals surface area contributed by atoms with Gasteiger partial charge < -0.3 is 0 Å². The Hall–Kier alpha value is -0.390. The highest BCUT2D eigenvalue weighted by Crippen LogP contribution is 2.48. The molecule has 110 valence electrons. The molecule has 0 radical (unpaired) electrons. The van der Waals surface area contributed by atoms with Gasteiger partial charge in [0.1, 0.15) is 0 Å². The van der Waals surface area contributed by atoms with Crippen molar-refractivity contribution >= 4 is 26.0 Å². The minimum atomic E-state index is -3.41. The molecule has 5 heteroatoms. The van der Waals surface area contributed by atoms with Crippen molar-refractivity contribution in [3.05, 3.63) is 28.2 Å². The molecule has 20 heavy (non-hydrogen) atoms. The topological polar surface area (TPSA) is 46.2 Å². The molecular weight excluding hydrogens is 338 g/mol. The third kappa shape index (κ3) is 3.26. The molecule has 0 saturated heterocycles. The molecule has 0 aliphatic heterocycles. The van der Waals surface area contributed by atoms with E-state index in [2.05, 4.69) is 20.7 Å². The Morgan fingerprint density at radius 3 is 2.35 bits per heavy atom. The van der Waals surface area contributed by atoms with Gasteiger partial charge in [-0.1, -0.05) is 6.07 Å². The predicted molar refractivity (Wildman–Crippen MR) is 83.0 cm³/mol.